The maximum atomic E-state index is 4.16. The van der Waals surface area contributed by atoms with E-state index in [1.807, 2.05) is 12.4 Å². The summed E-state index contributed by atoms with van der Waals surface area (Å²) >= 11 is 0. The Balaban J connectivity index is 3.15. The second-order valence-electron chi connectivity index (χ2n) is 7.83. The van der Waals surface area contributed by atoms with Crippen LogP contribution in [0.15, 0.2) is 10.2 Å². The van der Waals surface area contributed by atoms with Gasteiger partial charge in [-0.25, -0.2) is 0 Å². The van der Waals surface area contributed by atoms with Gasteiger partial charge >= 0.3 is 0 Å². The Morgan fingerprint density at radius 2 is 0.654 bits per heavy atom. The molecule has 0 aromatic rings. The third-order valence-corrected chi connectivity index (χ3v) is 5.10. The fourth-order valence-electron chi connectivity index (χ4n) is 3.30. The molecule has 0 atom stereocenters. The van der Waals surface area contributed by atoms with Gasteiger partial charge in [0.25, 0.3) is 0 Å². The van der Waals surface area contributed by atoms with Crippen molar-refractivity contribution in [1.29, 1.82) is 0 Å². The summed E-state index contributed by atoms with van der Waals surface area (Å²) in [6.45, 7) is 4.56. The minimum atomic E-state index is 1.09. The normalized spacial score (nSPS) is 11.9. The standard InChI is InChI=1S/C24H48N2/c1-3-5-7-9-11-13-15-17-19-21-23-25-26-24-22-20-18-16-14-12-10-8-6-4-2/h23-24H,3-22H2,1-2H3. The molecule has 154 valence electrons. The molecule has 0 amide bonds. The Bertz CT molecular complexity index is 267. The maximum Gasteiger partial charge on any atom is 0.0270 e. The van der Waals surface area contributed by atoms with Crippen molar-refractivity contribution in [1.82, 2.24) is 0 Å². The van der Waals surface area contributed by atoms with Crippen LogP contribution in [0, 0.1) is 0 Å². The van der Waals surface area contributed by atoms with Gasteiger partial charge < -0.3 is 0 Å². The molecule has 0 bridgehead atoms. The van der Waals surface area contributed by atoms with Crippen LogP contribution in [0.4, 0.5) is 0 Å². The molecule has 2 heteroatoms. The molecule has 0 saturated carbocycles. The van der Waals surface area contributed by atoms with E-state index in [0.29, 0.717) is 0 Å². The minimum Gasteiger partial charge on any atom is -0.164 e. The molecule has 0 aromatic heterocycles. The summed E-state index contributed by atoms with van der Waals surface area (Å²) < 4.78 is 0. The van der Waals surface area contributed by atoms with E-state index in [4.69, 9.17) is 0 Å². The second kappa shape index (κ2) is 24.3. The predicted molar refractivity (Wildman–Crippen MR) is 121 cm³/mol. The summed E-state index contributed by atoms with van der Waals surface area (Å²) in [5.41, 5.74) is 0. The average Bonchev–Trinajstić information content (AvgIpc) is 2.66. The van der Waals surface area contributed by atoms with Crippen LogP contribution < -0.4 is 0 Å². The van der Waals surface area contributed by atoms with Crippen LogP contribution in [0.3, 0.4) is 0 Å². The van der Waals surface area contributed by atoms with Crippen LogP contribution >= 0.6 is 0 Å². The first kappa shape index (κ1) is 25.3. The number of hydrogen-bond acceptors (Lipinski definition) is 2. The van der Waals surface area contributed by atoms with E-state index in [1.165, 1.54) is 116 Å². The van der Waals surface area contributed by atoms with Crippen molar-refractivity contribution in [2.45, 2.75) is 142 Å². The van der Waals surface area contributed by atoms with Gasteiger partial charge in [0.1, 0.15) is 0 Å². The number of rotatable bonds is 21. The fraction of sp³-hybridized carbons (Fsp3) is 0.917. The van der Waals surface area contributed by atoms with Crippen LogP contribution in [0.2, 0.25) is 0 Å². The Hall–Kier alpha value is -0.660. The van der Waals surface area contributed by atoms with Crippen LogP contribution in [0.5, 0.6) is 0 Å². The van der Waals surface area contributed by atoms with Gasteiger partial charge in [-0.15, -0.1) is 0 Å². The van der Waals surface area contributed by atoms with Crippen molar-refractivity contribution < 1.29 is 0 Å². The first-order chi connectivity index (χ1) is 12.9. The third kappa shape index (κ3) is 23.3. The van der Waals surface area contributed by atoms with Crippen LogP contribution in [0.1, 0.15) is 142 Å². The van der Waals surface area contributed by atoms with Crippen LogP contribution in [-0.4, -0.2) is 12.4 Å². The Kier molecular flexibility index (Phi) is 23.7. The zero-order chi connectivity index (χ0) is 19.0. The van der Waals surface area contributed by atoms with E-state index in [1.54, 1.807) is 0 Å². The van der Waals surface area contributed by atoms with Gasteiger partial charge in [-0.2, -0.15) is 10.2 Å². The lowest BCUT2D eigenvalue weighted by molar-refractivity contribution is 0.568. The third-order valence-electron chi connectivity index (χ3n) is 5.10. The molecule has 0 aliphatic rings. The highest BCUT2D eigenvalue weighted by Crippen LogP contribution is 2.11. The van der Waals surface area contributed by atoms with E-state index < -0.39 is 0 Å². The second-order valence-corrected chi connectivity index (χ2v) is 7.83. The average molecular weight is 365 g/mol. The Morgan fingerprint density at radius 3 is 0.962 bits per heavy atom. The molecule has 0 spiro atoms. The van der Waals surface area contributed by atoms with Crippen molar-refractivity contribution >= 4 is 12.4 Å². The fourth-order valence-corrected chi connectivity index (χ4v) is 3.30. The van der Waals surface area contributed by atoms with Gasteiger partial charge in [0, 0.05) is 12.4 Å². The van der Waals surface area contributed by atoms with Crippen molar-refractivity contribution in [2.24, 2.45) is 10.2 Å². The van der Waals surface area contributed by atoms with E-state index in [9.17, 15) is 0 Å². The Labute approximate surface area is 165 Å². The number of nitrogens with zero attached hydrogens (tertiary/aromatic N) is 2. The molecule has 0 aromatic carbocycles. The molecule has 0 heterocycles. The molecule has 2 nitrogen and oxygen atoms in total. The summed E-state index contributed by atoms with van der Waals surface area (Å²) in [7, 11) is 0. The first-order valence-electron chi connectivity index (χ1n) is 11.9. The SMILES string of the molecule is CCCCCCCCCCCC=NN=CCCCCCCCCCCC. The quantitative estimate of drug-likeness (QED) is 0.110. The lowest BCUT2D eigenvalue weighted by atomic mass is 10.1. The summed E-state index contributed by atoms with van der Waals surface area (Å²) in [5.74, 6) is 0. The molecular formula is C24H48N2. The predicted octanol–water partition coefficient (Wildman–Crippen LogP) is 8.88. The van der Waals surface area contributed by atoms with E-state index in [-0.39, 0.29) is 0 Å². The monoisotopic (exact) mass is 364 g/mol. The number of unbranched alkanes of at least 4 members (excludes halogenated alkanes) is 18. The molecule has 0 unspecified atom stereocenters. The van der Waals surface area contributed by atoms with Crippen molar-refractivity contribution in [3.05, 3.63) is 0 Å². The highest BCUT2D eigenvalue weighted by atomic mass is 15.2. The van der Waals surface area contributed by atoms with E-state index in [0.717, 1.165) is 12.8 Å². The summed E-state index contributed by atoms with van der Waals surface area (Å²) in [6.07, 6.45) is 31.1. The minimum absolute atomic E-state index is 1.09. The molecule has 26 heavy (non-hydrogen) atoms. The largest absolute Gasteiger partial charge is 0.164 e. The van der Waals surface area contributed by atoms with Crippen molar-refractivity contribution in [3.63, 3.8) is 0 Å². The summed E-state index contributed by atoms with van der Waals surface area (Å²) in [5, 5.41) is 8.32. The van der Waals surface area contributed by atoms with Gasteiger partial charge in [-0.1, -0.05) is 117 Å². The van der Waals surface area contributed by atoms with Gasteiger partial charge in [0.2, 0.25) is 0 Å². The molecule has 0 N–H and O–H groups in total. The highest BCUT2D eigenvalue weighted by Gasteiger charge is 1.92. The molecule has 0 saturated heterocycles. The molecule has 0 rings (SSSR count). The first-order valence-corrected chi connectivity index (χ1v) is 11.9. The van der Waals surface area contributed by atoms with Gasteiger partial charge in [-0.05, 0) is 25.7 Å². The Morgan fingerprint density at radius 1 is 0.385 bits per heavy atom. The zero-order valence-corrected chi connectivity index (χ0v) is 18.2. The van der Waals surface area contributed by atoms with E-state index >= 15 is 0 Å². The number of hydrogen-bond donors (Lipinski definition) is 0. The molecule has 0 fully saturated rings. The van der Waals surface area contributed by atoms with E-state index in [2.05, 4.69) is 24.1 Å². The topological polar surface area (TPSA) is 24.7 Å². The summed E-state index contributed by atoms with van der Waals surface area (Å²) in [6, 6.07) is 0. The highest BCUT2D eigenvalue weighted by molar-refractivity contribution is 5.61. The lowest BCUT2D eigenvalue weighted by Gasteiger charge is -2.00. The molecular weight excluding hydrogens is 316 g/mol. The lowest BCUT2D eigenvalue weighted by Crippen LogP contribution is -1.83. The molecule has 0 aliphatic heterocycles. The van der Waals surface area contributed by atoms with Crippen LogP contribution in [0.25, 0.3) is 0 Å². The zero-order valence-electron chi connectivity index (χ0n) is 18.2. The maximum absolute atomic E-state index is 4.16. The van der Waals surface area contributed by atoms with Crippen molar-refractivity contribution in [2.75, 3.05) is 0 Å². The molecule has 0 radical (unpaired) electrons. The van der Waals surface area contributed by atoms with Gasteiger partial charge in [0.15, 0.2) is 0 Å². The van der Waals surface area contributed by atoms with Crippen molar-refractivity contribution in [3.8, 4) is 0 Å². The van der Waals surface area contributed by atoms with Crippen LogP contribution in [-0.2, 0) is 0 Å². The molecule has 0 aliphatic carbocycles. The van der Waals surface area contributed by atoms with Gasteiger partial charge in [-0.3, -0.25) is 0 Å². The van der Waals surface area contributed by atoms with Gasteiger partial charge in [0.05, 0.1) is 0 Å². The smallest absolute Gasteiger partial charge is 0.0270 e. The summed E-state index contributed by atoms with van der Waals surface area (Å²) in [4.78, 5) is 0.